The molecule has 1 aromatic carbocycles. The quantitative estimate of drug-likeness (QED) is 0.881. The van der Waals surface area contributed by atoms with E-state index in [0.29, 0.717) is 0 Å². The van der Waals surface area contributed by atoms with Crippen LogP contribution in [0.5, 0.6) is 0 Å². The molecule has 0 aromatic heterocycles. The lowest BCUT2D eigenvalue weighted by Gasteiger charge is -2.19. The van der Waals surface area contributed by atoms with E-state index in [1.165, 1.54) is 12.1 Å². The molecule has 2 amide bonds. The minimum absolute atomic E-state index is 0.182. The number of nitrogens with two attached hydrogens (primary N) is 1. The third-order valence-electron chi connectivity index (χ3n) is 2.06. The van der Waals surface area contributed by atoms with Crippen molar-refractivity contribution in [3.63, 3.8) is 0 Å². The normalized spacial score (nSPS) is 10.9. The van der Waals surface area contributed by atoms with Crippen molar-refractivity contribution in [2.24, 2.45) is 5.73 Å². The molecule has 0 spiro atoms. The number of primary amides is 1. The second-order valence-corrected chi connectivity index (χ2v) is 5.08. The molecule has 19 heavy (non-hydrogen) atoms. The molecular formula is C13H17FN2O3. The molecule has 1 aromatic rings. The van der Waals surface area contributed by atoms with Gasteiger partial charge in [0.15, 0.2) is 0 Å². The lowest BCUT2D eigenvalue weighted by molar-refractivity contribution is -0.117. The zero-order valence-corrected chi connectivity index (χ0v) is 11.1. The van der Waals surface area contributed by atoms with Crippen LogP contribution in [0.2, 0.25) is 0 Å². The number of nitrogens with one attached hydrogen (secondary N) is 1. The van der Waals surface area contributed by atoms with Crippen molar-refractivity contribution in [1.82, 2.24) is 0 Å². The van der Waals surface area contributed by atoms with Gasteiger partial charge < -0.3 is 10.5 Å². The van der Waals surface area contributed by atoms with E-state index in [9.17, 15) is 14.0 Å². The standard InChI is InChI=1S/C13H17FN2O3/c1-13(2,3)19-12(18)16-9-5-4-8(6-11(15)17)10(14)7-9/h4-5,7H,6H2,1-3H3,(H2,15,17)(H,16,18). The summed E-state index contributed by atoms with van der Waals surface area (Å²) in [5.41, 5.74) is 4.79. The Morgan fingerprint density at radius 2 is 2.00 bits per heavy atom. The van der Waals surface area contributed by atoms with Crippen molar-refractivity contribution in [1.29, 1.82) is 0 Å². The number of rotatable bonds is 3. The SMILES string of the molecule is CC(C)(C)OC(=O)Nc1ccc(CC(N)=O)c(F)c1. The monoisotopic (exact) mass is 268 g/mol. The molecule has 0 heterocycles. The second kappa shape index (κ2) is 5.69. The molecule has 0 aliphatic carbocycles. The van der Waals surface area contributed by atoms with Gasteiger partial charge in [-0.15, -0.1) is 0 Å². The van der Waals surface area contributed by atoms with Crippen LogP contribution in [-0.4, -0.2) is 17.6 Å². The van der Waals surface area contributed by atoms with Gasteiger partial charge in [-0.3, -0.25) is 10.1 Å². The number of hydrogen-bond acceptors (Lipinski definition) is 3. The molecular weight excluding hydrogens is 251 g/mol. The number of hydrogen-bond donors (Lipinski definition) is 2. The van der Waals surface area contributed by atoms with E-state index in [1.807, 2.05) is 0 Å². The number of halogens is 1. The second-order valence-electron chi connectivity index (χ2n) is 5.08. The Bertz CT molecular complexity index is 495. The highest BCUT2D eigenvalue weighted by molar-refractivity contribution is 5.85. The number of carbonyl (C=O) groups excluding carboxylic acids is 2. The van der Waals surface area contributed by atoms with Gasteiger partial charge in [0.1, 0.15) is 11.4 Å². The Kier molecular flexibility index (Phi) is 4.47. The average Bonchev–Trinajstić information content (AvgIpc) is 2.18. The van der Waals surface area contributed by atoms with Crippen LogP contribution in [0.3, 0.4) is 0 Å². The van der Waals surface area contributed by atoms with Crippen molar-refractivity contribution in [2.75, 3.05) is 5.32 Å². The number of carbonyl (C=O) groups is 2. The summed E-state index contributed by atoms with van der Waals surface area (Å²) in [6.45, 7) is 5.18. The molecule has 104 valence electrons. The number of anilines is 1. The van der Waals surface area contributed by atoms with Crippen molar-refractivity contribution in [3.8, 4) is 0 Å². The van der Waals surface area contributed by atoms with E-state index >= 15 is 0 Å². The largest absolute Gasteiger partial charge is 0.444 e. The van der Waals surface area contributed by atoms with Gasteiger partial charge in [0.2, 0.25) is 5.91 Å². The Labute approximate surface area is 110 Å². The molecule has 0 saturated carbocycles. The van der Waals surface area contributed by atoms with E-state index in [-0.39, 0.29) is 17.7 Å². The number of ether oxygens (including phenoxy) is 1. The third kappa shape index (κ3) is 5.37. The highest BCUT2D eigenvalue weighted by atomic mass is 19.1. The van der Waals surface area contributed by atoms with Gasteiger partial charge in [-0.05, 0) is 38.5 Å². The van der Waals surface area contributed by atoms with E-state index < -0.39 is 23.4 Å². The first-order valence-corrected chi connectivity index (χ1v) is 5.74. The van der Waals surface area contributed by atoms with Gasteiger partial charge in [-0.25, -0.2) is 9.18 Å². The fourth-order valence-corrected chi connectivity index (χ4v) is 1.38. The molecule has 6 heteroatoms. The highest BCUT2D eigenvalue weighted by Gasteiger charge is 2.16. The molecule has 0 atom stereocenters. The maximum absolute atomic E-state index is 13.6. The van der Waals surface area contributed by atoms with Gasteiger partial charge in [-0.2, -0.15) is 0 Å². The summed E-state index contributed by atoms with van der Waals surface area (Å²) in [7, 11) is 0. The summed E-state index contributed by atoms with van der Waals surface area (Å²) in [6, 6.07) is 3.99. The molecule has 1 rings (SSSR count). The maximum atomic E-state index is 13.6. The van der Waals surface area contributed by atoms with Gasteiger partial charge in [0, 0.05) is 5.69 Å². The molecule has 0 fully saturated rings. The third-order valence-corrected chi connectivity index (χ3v) is 2.06. The van der Waals surface area contributed by atoms with Crippen LogP contribution in [0, 0.1) is 5.82 Å². The first kappa shape index (κ1) is 14.9. The molecule has 0 aliphatic heterocycles. The van der Waals surface area contributed by atoms with Gasteiger partial charge in [0.25, 0.3) is 0 Å². The van der Waals surface area contributed by atoms with E-state index in [2.05, 4.69) is 5.32 Å². The summed E-state index contributed by atoms with van der Waals surface area (Å²) in [4.78, 5) is 22.2. The summed E-state index contributed by atoms with van der Waals surface area (Å²) in [5.74, 6) is -1.22. The van der Waals surface area contributed by atoms with E-state index in [1.54, 1.807) is 20.8 Å². The fourth-order valence-electron chi connectivity index (χ4n) is 1.38. The van der Waals surface area contributed by atoms with Crippen LogP contribution in [-0.2, 0) is 16.0 Å². The Hall–Kier alpha value is -2.11. The minimum Gasteiger partial charge on any atom is -0.444 e. The van der Waals surface area contributed by atoms with Gasteiger partial charge >= 0.3 is 6.09 Å². The molecule has 0 unspecified atom stereocenters. The first-order chi connectivity index (χ1) is 8.67. The summed E-state index contributed by atoms with van der Waals surface area (Å²) in [5, 5.41) is 2.40. The number of benzene rings is 1. The van der Waals surface area contributed by atoms with Crippen molar-refractivity contribution >= 4 is 17.7 Å². The van der Waals surface area contributed by atoms with Gasteiger partial charge in [-0.1, -0.05) is 6.07 Å². The van der Waals surface area contributed by atoms with Crippen LogP contribution in [0.15, 0.2) is 18.2 Å². The van der Waals surface area contributed by atoms with E-state index in [0.717, 1.165) is 6.07 Å². The van der Waals surface area contributed by atoms with E-state index in [4.69, 9.17) is 10.5 Å². The number of amides is 2. The highest BCUT2D eigenvalue weighted by Crippen LogP contribution is 2.16. The van der Waals surface area contributed by atoms with Crippen molar-refractivity contribution in [2.45, 2.75) is 32.8 Å². The Balaban J connectivity index is 2.73. The lowest BCUT2D eigenvalue weighted by Crippen LogP contribution is -2.27. The lowest BCUT2D eigenvalue weighted by atomic mass is 10.1. The molecule has 0 bridgehead atoms. The maximum Gasteiger partial charge on any atom is 0.412 e. The summed E-state index contributed by atoms with van der Waals surface area (Å²) >= 11 is 0. The average molecular weight is 268 g/mol. The summed E-state index contributed by atoms with van der Waals surface area (Å²) < 4.78 is 18.6. The van der Waals surface area contributed by atoms with Crippen LogP contribution in [0.25, 0.3) is 0 Å². The van der Waals surface area contributed by atoms with Crippen LogP contribution >= 0.6 is 0 Å². The minimum atomic E-state index is -0.672. The first-order valence-electron chi connectivity index (χ1n) is 5.74. The van der Waals surface area contributed by atoms with Gasteiger partial charge in [0.05, 0.1) is 6.42 Å². The van der Waals surface area contributed by atoms with Crippen molar-refractivity contribution in [3.05, 3.63) is 29.6 Å². The Morgan fingerprint density at radius 3 is 2.47 bits per heavy atom. The van der Waals surface area contributed by atoms with Crippen LogP contribution in [0.1, 0.15) is 26.3 Å². The molecule has 3 N–H and O–H groups in total. The molecule has 0 aliphatic rings. The molecule has 0 saturated heterocycles. The van der Waals surface area contributed by atoms with Crippen LogP contribution < -0.4 is 11.1 Å². The zero-order chi connectivity index (χ0) is 14.6. The fraction of sp³-hybridized carbons (Fsp3) is 0.385. The smallest absolute Gasteiger partial charge is 0.412 e. The summed E-state index contributed by atoms with van der Waals surface area (Å²) in [6.07, 6.45) is -0.854. The zero-order valence-electron chi connectivity index (χ0n) is 11.1. The molecule has 0 radical (unpaired) electrons. The molecule has 5 nitrogen and oxygen atoms in total. The predicted molar refractivity (Wildman–Crippen MR) is 69.2 cm³/mol. The Morgan fingerprint density at radius 1 is 1.37 bits per heavy atom. The van der Waals surface area contributed by atoms with Crippen LogP contribution in [0.4, 0.5) is 14.9 Å². The predicted octanol–water partition coefficient (Wildman–Crippen LogP) is 2.20. The van der Waals surface area contributed by atoms with Crippen molar-refractivity contribution < 1.29 is 18.7 Å². The topological polar surface area (TPSA) is 81.4 Å².